The first kappa shape index (κ1) is 14.7. The van der Waals surface area contributed by atoms with E-state index in [0.717, 1.165) is 6.20 Å². The number of aromatic nitrogens is 2. The van der Waals surface area contributed by atoms with Crippen molar-refractivity contribution in [2.75, 3.05) is 0 Å². The molecular formula is C9H9BrF3N3O2. The number of carboxylic acid groups (broad SMARTS) is 1. The summed E-state index contributed by atoms with van der Waals surface area (Å²) in [6.07, 6.45) is -4.95. The molecule has 9 heteroatoms. The molecule has 1 amide bonds. The van der Waals surface area contributed by atoms with Gasteiger partial charge in [-0.25, -0.2) is 14.8 Å². The molecule has 0 fully saturated rings. The van der Waals surface area contributed by atoms with E-state index < -0.39 is 28.1 Å². The van der Waals surface area contributed by atoms with Crippen molar-refractivity contribution in [3.05, 3.63) is 22.2 Å². The standard InChI is InChI=1S/C9H9BrF3N3O2/c1-8(2,16-7(17)18)4-3-14-6(10)5(15-4)9(11,12)13/h3,16H,1-2H3,(H,17,18). The molecule has 1 rings (SSSR count). The first-order valence-electron chi connectivity index (χ1n) is 4.65. The van der Waals surface area contributed by atoms with E-state index in [4.69, 9.17) is 5.11 Å². The third-order valence-corrected chi connectivity index (χ3v) is 2.64. The number of rotatable bonds is 2. The van der Waals surface area contributed by atoms with Gasteiger partial charge in [0.05, 0.1) is 17.4 Å². The number of carbonyl (C=O) groups is 1. The smallest absolute Gasteiger partial charge is 0.436 e. The molecule has 2 N–H and O–H groups in total. The molecule has 0 saturated heterocycles. The van der Waals surface area contributed by atoms with Gasteiger partial charge < -0.3 is 10.4 Å². The zero-order valence-corrected chi connectivity index (χ0v) is 10.9. The predicted molar refractivity (Wildman–Crippen MR) is 58.9 cm³/mol. The lowest BCUT2D eigenvalue weighted by Gasteiger charge is -2.24. The van der Waals surface area contributed by atoms with Crippen LogP contribution in [0.25, 0.3) is 0 Å². The molecule has 1 aromatic heterocycles. The van der Waals surface area contributed by atoms with Crippen LogP contribution in [-0.4, -0.2) is 21.2 Å². The van der Waals surface area contributed by atoms with Crippen LogP contribution >= 0.6 is 15.9 Å². The van der Waals surface area contributed by atoms with Crippen molar-refractivity contribution < 1.29 is 23.1 Å². The van der Waals surface area contributed by atoms with Crippen LogP contribution in [0, 0.1) is 0 Å². The highest BCUT2D eigenvalue weighted by atomic mass is 79.9. The second-order valence-electron chi connectivity index (χ2n) is 3.95. The molecule has 1 heterocycles. The molecule has 0 bridgehead atoms. The van der Waals surface area contributed by atoms with Crippen LogP contribution in [0.1, 0.15) is 25.2 Å². The summed E-state index contributed by atoms with van der Waals surface area (Å²) < 4.78 is 37.4. The summed E-state index contributed by atoms with van der Waals surface area (Å²) in [7, 11) is 0. The zero-order chi connectivity index (χ0) is 14.1. The largest absolute Gasteiger partial charge is 0.465 e. The van der Waals surface area contributed by atoms with Gasteiger partial charge in [0.2, 0.25) is 0 Å². The second kappa shape index (κ2) is 4.71. The summed E-state index contributed by atoms with van der Waals surface area (Å²) in [5, 5.41) is 10.7. The summed E-state index contributed by atoms with van der Waals surface area (Å²) in [4.78, 5) is 17.5. The first-order valence-corrected chi connectivity index (χ1v) is 5.44. The number of nitrogens with zero attached hydrogens (tertiary/aromatic N) is 2. The van der Waals surface area contributed by atoms with Crippen LogP contribution < -0.4 is 5.32 Å². The summed E-state index contributed by atoms with van der Waals surface area (Å²) in [5.41, 5.74) is -2.60. The van der Waals surface area contributed by atoms with Crippen molar-refractivity contribution in [2.24, 2.45) is 0 Å². The average Bonchev–Trinajstić information content (AvgIpc) is 2.13. The summed E-state index contributed by atoms with van der Waals surface area (Å²) in [5.74, 6) is 0. The quantitative estimate of drug-likeness (QED) is 0.875. The Morgan fingerprint density at radius 1 is 1.44 bits per heavy atom. The molecule has 18 heavy (non-hydrogen) atoms. The maximum Gasteiger partial charge on any atom is 0.436 e. The van der Waals surface area contributed by atoms with Gasteiger partial charge in [-0.3, -0.25) is 0 Å². The van der Waals surface area contributed by atoms with E-state index in [-0.39, 0.29) is 5.69 Å². The molecule has 0 atom stereocenters. The normalized spacial score (nSPS) is 12.3. The maximum atomic E-state index is 12.6. The molecule has 0 aromatic carbocycles. The van der Waals surface area contributed by atoms with E-state index in [0.29, 0.717) is 0 Å². The minimum atomic E-state index is -4.67. The number of hydrogen-bond acceptors (Lipinski definition) is 3. The third kappa shape index (κ3) is 3.31. The molecule has 0 radical (unpaired) electrons. The number of nitrogens with one attached hydrogen (secondary N) is 1. The maximum absolute atomic E-state index is 12.6. The van der Waals surface area contributed by atoms with Crippen molar-refractivity contribution in [3.8, 4) is 0 Å². The highest BCUT2D eigenvalue weighted by Gasteiger charge is 2.37. The summed E-state index contributed by atoms with van der Waals surface area (Å²) >= 11 is 2.65. The lowest BCUT2D eigenvalue weighted by Crippen LogP contribution is -2.41. The molecule has 0 unspecified atom stereocenters. The van der Waals surface area contributed by atoms with E-state index >= 15 is 0 Å². The van der Waals surface area contributed by atoms with Gasteiger partial charge in [-0.1, -0.05) is 0 Å². The van der Waals surface area contributed by atoms with Gasteiger partial charge in [0, 0.05) is 0 Å². The summed E-state index contributed by atoms with van der Waals surface area (Å²) in [6.45, 7) is 2.78. The van der Waals surface area contributed by atoms with Crippen LogP contribution in [-0.2, 0) is 11.7 Å². The molecule has 1 aromatic rings. The van der Waals surface area contributed by atoms with E-state index in [1.807, 2.05) is 0 Å². The Labute approximate surface area is 109 Å². The molecule has 0 aliphatic carbocycles. The molecular weight excluding hydrogens is 319 g/mol. The monoisotopic (exact) mass is 327 g/mol. The fourth-order valence-electron chi connectivity index (χ4n) is 1.19. The Balaban J connectivity index is 3.24. The van der Waals surface area contributed by atoms with Gasteiger partial charge in [-0.15, -0.1) is 0 Å². The van der Waals surface area contributed by atoms with E-state index in [1.54, 1.807) is 0 Å². The van der Waals surface area contributed by atoms with E-state index in [1.165, 1.54) is 13.8 Å². The van der Waals surface area contributed by atoms with Crippen LogP contribution in [0.15, 0.2) is 10.8 Å². The van der Waals surface area contributed by atoms with Gasteiger partial charge in [-0.05, 0) is 29.8 Å². The SMILES string of the molecule is CC(C)(NC(=O)O)c1cnc(Br)c(C(F)(F)F)n1. The molecule has 0 spiro atoms. The Hall–Kier alpha value is -1.38. The highest BCUT2D eigenvalue weighted by Crippen LogP contribution is 2.33. The fraction of sp³-hybridized carbons (Fsp3) is 0.444. The van der Waals surface area contributed by atoms with Crippen molar-refractivity contribution in [2.45, 2.75) is 25.6 Å². The van der Waals surface area contributed by atoms with Crippen LogP contribution in [0.4, 0.5) is 18.0 Å². The van der Waals surface area contributed by atoms with Crippen LogP contribution in [0.5, 0.6) is 0 Å². The Morgan fingerprint density at radius 3 is 2.44 bits per heavy atom. The number of alkyl halides is 3. The predicted octanol–water partition coefficient (Wildman–Crippen LogP) is 2.76. The van der Waals surface area contributed by atoms with Gasteiger partial charge >= 0.3 is 12.3 Å². The van der Waals surface area contributed by atoms with E-state index in [2.05, 4.69) is 31.2 Å². The van der Waals surface area contributed by atoms with Gasteiger partial charge in [0.15, 0.2) is 5.69 Å². The van der Waals surface area contributed by atoms with Crippen molar-refractivity contribution in [1.29, 1.82) is 0 Å². The van der Waals surface area contributed by atoms with Gasteiger partial charge in [0.25, 0.3) is 0 Å². The third-order valence-electron chi connectivity index (χ3n) is 2.06. The second-order valence-corrected chi connectivity index (χ2v) is 4.70. The number of amides is 1. The summed E-state index contributed by atoms with van der Waals surface area (Å²) in [6, 6.07) is 0. The molecule has 0 aliphatic rings. The first-order chi connectivity index (χ1) is 8.04. The van der Waals surface area contributed by atoms with Crippen LogP contribution in [0.2, 0.25) is 0 Å². The van der Waals surface area contributed by atoms with Gasteiger partial charge in [-0.2, -0.15) is 13.2 Å². The number of halogens is 4. The molecule has 100 valence electrons. The average molecular weight is 328 g/mol. The minimum absolute atomic E-state index is 0.125. The lowest BCUT2D eigenvalue weighted by molar-refractivity contribution is -0.142. The van der Waals surface area contributed by atoms with E-state index in [9.17, 15) is 18.0 Å². The Morgan fingerprint density at radius 2 is 2.00 bits per heavy atom. The molecule has 0 aliphatic heterocycles. The zero-order valence-electron chi connectivity index (χ0n) is 9.34. The fourth-order valence-corrected chi connectivity index (χ4v) is 1.60. The van der Waals surface area contributed by atoms with Crippen molar-refractivity contribution in [1.82, 2.24) is 15.3 Å². The van der Waals surface area contributed by atoms with Crippen molar-refractivity contribution in [3.63, 3.8) is 0 Å². The van der Waals surface area contributed by atoms with Gasteiger partial charge in [0.1, 0.15) is 4.60 Å². The Bertz CT molecular complexity index is 477. The van der Waals surface area contributed by atoms with Crippen LogP contribution in [0.3, 0.4) is 0 Å². The Kier molecular flexibility index (Phi) is 3.84. The number of hydrogen-bond donors (Lipinski definition) is 2. The topological polar surface area (TPSA) is 75.1 Å². The molecule has 5 nitrogen and oxygen atoms in total. The van der Waals surface area contributed by atoms with Crippen molar-refractivity contribution >= 4 is 22.0 Å². The lowest BCUT2D eigenvalue weighted by atomic mass is 10.0. The highest BCUT2D eigenvalue weighted by molar-refractivity contribution is 9.10. The minimum Gasteiger partial charge on any atom is -0.465 e. The molecule has 0 saturated carbocycles.